The van der Waals surface area contributed by atoms with Crippen LogP contribution < -0.4 is 0 Å². The molecule has 4 fully saturated rings. The fraction of sp³-hybridized carbons (Fsp3) is 1.00. The second-order valence-corrected chi connectivity index (χ2v) is 9.95. The van der Waals surface area contributed by atoms with E-state index in [1.807, 2.05) is 6.92 Å². The van der Waals surface area contributed by atoms with E-state index >= 15 is 0 Å². The molecule has 2 N–H and O–H groups in total. The quantitative estimate of drug-likeness (QED) is 0.832. The van der Waals surface area contributed by atoms with Gasteiger partial charge in [0.05, 0.1) is 12.7 Å². The molecule has 0 aromatic rings. The fourth-order valence-electron chi connectivity index (χ4n) is 8.16. The number of β-amino-alcohol motifs (C(OH)–C–C–N with tert-alkyl or cyclic N) is 1. The maximum Gasteiger partial charge on any atom is 0.0558 e. The topological polar surface area (TPSA) is 43.7 Å². The van der Waals surface area contributed by atoms with Gasteiger partial charge >= 0.3 is 0 Å². The van der Waals surface area contributed by atoms with Crippen molar-refractivity contribution in [2.75, 3.05) is 19.7 Å². The highest BCUT2D eigenvalue weighted by Crippen LogP contribution is 2.66. The molecule has 1 heterocycles. The Hall–Kier alpha value is -0.120. The molecule has 3 aliphatic carbocycles. The Bertz CT molecular complexity index is 480. The van der Waals surface area contributed by atoms with E-state index in [4.69, 9.17) is 0 Å². The van der Waals surface area contributed by atoms with Crippen molar-refractivity contribution in [3.8, 4) is 0 Å². The maximum absolute atomic E-state index is 10.3. The standard InChI is InChI=1S/C21H37NO2/c1-14(24)16-5-6-17-15-4-7-19-21(3,10-11-22(19)12-13-23)18(15)8-9-20(16,17)2/h14-19,23-24H,4-13H2,1-3H3. The van der Waals surface area contributed by atoms with Crippen molar-refractivity contribution in [3.05, 3.63) is 0 Å². The molecule has 0 radical (unpaired) electrons. The summed E-state index contributed by atoms with van der Waals surface area (Å²) in [6, 6.07) is 0.698. The smallest absolute Gasteiger partial charge is 0.0558 e. The van der Waals surface area contributed by atoms with E-state index in [-0.39, 0.29) is 6.10 Å². The predicted molar refractivity (Wildman–Crippen MR) is 96.6 cm³/mol. The molecule has 8 unspecified atom stereocenters. The van der Waals surface area contributed by atoms with E-state index in [2.05, 4.69) is 18.7 Å². The van der Waals surface area contributed by atoms with Gasteiger partial charge in [-0.2, -0.15) is 0 Å². The molecule has 1 saturated heterocycles. The molecule has 24 heavy (non-hydrogen) atoms. The first kappa shape index (κ1) is 17.3. The number of aliphatic hydroxyl groups is 2. The number of hydrogen-bond acceptors (Lipinski definition) is 3. The van der Waals surface area contributed by atoms with Crippen molar-refractivity contribution in [2.24, 2.45) is 34.5 Å². The van der Waals surface area contributed by atoms with Gasteiger partial charge in [-0.05, 0) is 92.9 Å². The lowest BCUT2D eigenvalue weighted by Gasteiger charge is -2.58. The Kier molecular flexibility index (Phi) is 4.29. The molecule has 0 amide bonds. The van der Waals surface area contributed by atoms with Gasteiger partial charge in [-0.25, -0.2) is 0 Å². The van der Waals surface area contributed by atoms with E-state index in [1.54, 1.807) is 0 Å². The van der Waals surface area contributed by atoms with Gasteiger partial charge in [-0.3, -0.25) is 4.90 Å². The summed E-state index contributed by atoms with van der Waals surface area (Å²) < 4.78 is 0. The average molecular weight is 336 g/mol. The number of hydrogen-bond donors (Lipinski definition) is 2. The third-order valence-corrected chi connectivity index (χ3v) is 9.24. The van der Waals surface area contributed by atoms with E-state index < -0.39 is 0 Å². The third kappa shape index (κ3) is 2.27. The van der Waals surface area contributed by atoms with Crippen molar-refractivity contribution in [2.45, 2.75) is 77.9 Å². The summed E-state index contributed by atoms with van der Waals surface area (Å²) in [7, 11) is 0. The number of likely N-dealkylation sites (tertiary alicyclic amines) is 1. The minimum absolute atomic E-state index is 0.144. The summed E-state index contributed by atoms with van der Waals surface area (Å²) in [6.45, 7) is 9.44. The van der Waals surface area contributed by atoms with Crippen LogP contribution in [0.1, 0.15) is 65.7 Å². The van der Waals surface area contributed by atoms with Gasteiger partial charge in [0.2, 0.25) is 0 Å². The van der Waals surface area contributed by atoms with Gasteiger partial charge in [-0.1, -0.05) is 13.8 Å². The van der Waals surface area contributed by atoms with Crippen LogP contribution in [0.25, 0.3) is 0 Å². The predicted octanol–water partition coefficient (Wildman–Crippen LogP) is 3.29. The summed E-state index contributed by atoms with van der Waals surface area (Å²) in [5.74, 6) is 3.09. The van der Waals surface area contributed by atoms with Crippen molar-refractivity contribution in [1.29, 1.82) is 0 Å². The molecular weight excluding hydrogens is 298 g/mol. The van der Waals surface area contributed by atoms with Crippen LogP contribution in [-0.2, 0) is 0 Å². The third-order valence-electron chi connectivity index (χ3n) is 9.24. The Balaban J connectivity index is 1.58. The van der Waals surface area contributed by atoms with Crippen LogP contribution in [0.2, 0.25) is 0 Å². The molecule has 3 nitrogen and oxygen atoms in total. The van der Waals surface area contributed by atoms with Crippen molar-refractivity contribution < 1.29 is 10.2 Å². The lowest BCUT2D eigenvalue weighted by Crippen LogP contribution is -2.55. The van der Waals surface area contributed by atoms with E-state index in [1.165, 1.54) is 51.5 Å². The monoisotopic (exact) mass is 335 g/mol. The van der Waals surface area contributed by atoms with Crippen LogP contribution in [-0.4, -0.2) is 47.0 Å². The van der Waals surface area contributed by atoms with Gasteiger partial charge in [0, 0.05) is 12.6 Å². The molecule has 0 aromatic carbocycles. The van der Waals surface area contributed by atoms with Crippen LogP contribution in [0.3, 0.4) is 0 Å². The molecule has 4 rings (SSSR count). The minimum Gasteiger partial charge on any atom is -0.395 e. The van der Waals surface area contributed by atoms with Crippen LogP contribution >= 0.6 is 0 Å². The first-order valence-corrected chi connectivity index (χ1v) is 10.4. The average Bonchev–Trinajstić information content (AvgIpc) is 3.05. The first-order valence-electron chi connectivity index (χ1n) is 10.4. The molecule has 8 atom stereocenters. The van der Waals surface area contributed by atoms with Crippen molar-refractivity contribution in [1.82, 2.24) is 4.90 Å². The van der Waals surface area contributed by atoms with Gasteiger partial charge in [0.15, 0.2) is 0 Å². The number of rotatable bonds is 3. The molecular formula is C21H37NO2. The normalized spacial score (nSPS) is 52.6. The molecule has 0 aromatic heterocycles. The largest absolute Gasteiger partial charge is 0.395 e. The molecule has 4 aliphatic rings. The molecule has 1 aliphatic heterocycles. The lowest BCUT2D eigenvalue weighted by atomic mass is 9.48. The van der Waals surface area contributed by atoms with E-state index in [0.29, 0.717) is 29.4 Å². The first-order chi connectivity index (χ1) is 11.4. The summed E-state index contributed by atoms with van der Waals surface area (Å²) in [4.78, 5) is 2.58. The van der Waals surface area contributed by atoms with Crippen LogP contribution in [0.5, 0.6) is 0 Å². The zero-order chi connectivity index (χ0) is 17.1. The number of nitrogens with zero attached hydrogens (tertiary/aromatic N) is 1. The van der Waals surface area contributed by atoms with Crippen molar-refractivity contribution in [3.63, 3.8) is 0 Å². The minimum atomic E-state index is -0.144. The van der Waals surface area contributed by atoms with Crippen LogP contribution in [0.15, 0.2) is 0 Å². The highest BCUT2D eigenvalue weighted by atomic mass is 16.3. The molecule has 0 spiro atoms. The Morgan fingerprint density at radius 2 is 1.75 bits per heavy atom. The SMILES string of the molecule is CC(O)C1CCC2C3CCC4N(CCO)CCC4(C)C3CCC12C. The highest BCUT2D eigenvalue weighted by Gasteiger charge is 2.61. The number of aliphatic hydroxyl groups excluding tert-OH is 2. The highest BCUT2D eigenvalue weighted by molar-refractivity contribution is 5.12. The van der Waals surface area contributed by atoms with Crippen molar-refractivity contribution >= 4 is 0 Å². The van der Waals surface area contributed by atoms with E-state index in [0.717, 1.165) is 24.3 Å². The summed E-state index contributed by atoms with van der Waals surface area (Å²) in [6.07, 6.45) is 9.13. The molecule has 0 bridgehead atoms. The molecule has 138 valence electrons. The maximum atomic E-state index is 10.3. The number of fused-ring (bicyclic) bond motifs is 5. The molecule has 3 saturated carbocycles. The lowest BCUT2D eigenvalue weighted by molar-refractivity contribution is -0.0951. The Labute approximate surface area is 147 Å². The molecule has 3 heteroatoms. The van der Waals surface area contributed by atoms with Crippen LogP contribution in [0, 0.1) is 34.5 Å². The second kappa shape index (κ2) is 5.96. The van der Waals surface area contributed by atoms with Gasteiger partial charge in [0.1, 0.15) is 0 Å². The summed E-state index contributed by atoms with van der Waals surface area (Å²) in [5, 5.41) is 19.7. The van der Waals surface area contributed by atoms with Crippen LogP contribution in [0.4, 0.5) is 0 Å². The van der Waals surface area contributed by atoms with Gasteiger partial charge < -0.3 is 10.2 Å². The summed E-state index contributed by atoms with van der Waals surface area (Å²) in [5.41, 5.74) is 0.838. The Morgan fingerprint density at radius 3 is 2.46 bits per heavy atom. The zero-order valence-electron chi connectivity index (χ0n) is 15.9. The van der Waals surface area contributed by atoms with E-state index in [9.17, 15) is 10.2 Å². The van der Waals surface area contributed by atoms with Gasteiger partial charge in [0.25, 0.3) is 0 Å². The Morgan fingerprint density at radius 1 is 1.00 bits per heavy atom. The summed E-state index contributed by atoms with van der Waals surface area (Å²) >= 11 is 0. The fourth-order valence-corrected chi connectivity index (χ4v) is 8.16. The second-order valence-electron chi connectivity index (χ2n) is 9.95. The zero-order valence-corrected chi connectivity index (χ0v) is 15.9. The van der Waals surface area contributed by atoms with Gasteiger partial charge in [-0.15, -0.1) is 0 Å².